The van der Waals surface area contributed by atoms with Crippen molar-refractivity contribution in [2.24, 2.45) is 5.84 Å². The minimum atomic E-state index is -0.246. The molecular weight excluding hydrogens is 404 g/mol. The van der Waals surface area contributed by atoms with E-state index in [2.05, 4.69) is 31.8 Å². The number of nitrogens with two attached hydrogens (primary N) is 2. The number of aromatic amines is 1. The minimum Gasteiger partial charge on any atom is -0.382 e. The number of fused-ring (bicyclic) bond motifs is 1. The van der Waals surface area contributed by atoms with Crippen LogP contribution >= 0.6 is 0 Å². The standard InChI is InChI=1S/C23H24N8O/c1-12-9-16(5-6-17(12)14(3)31(4)25)29-22-20-15(7-8-26-23(20)32)10-18(30-22)19-11-27-21(24)13(2)28-19/h5-11H,1,25H2,2-4H3,(H2,24,27)(H,26,32)(H,29,30)/b17-14-. The number of aryl methyl sites for hydroxylation is 1. The average molecular weight is 429 g/mol. The highest BCUT2D eigenvalue weighted by Crippen LogP contribution is 2.26. The van der Waals surface area contributed by atoms with E-state index in [1.54, 1.807) is 37.4 Å². The van der Waals surface area contributed by atoms with Crippen LogP contribution in [-0.2, 0) is 0 Å². The summed E-state index contributed by atoms with van der Waals surface area (Å²) in [5.74, 6) is 6.62. The van der Waals surface area contributed by atoms with Gasteiger partial charge in [0.1, 0.15) is 17.3 Å². The highest BCUT2D eigenvalue weighted by Gasteiger charge is 2.13. The van der Waals surface area contributed by atoms with Crippen molar-refractivity contribution in [3.8, 4) is 11.4 Å². The number of hydrazine groups is 1. The van der Waals surface area contributed by atoms with Crippen LogP contribution in [0.25, 0.3) is 34.4 Å². The molecule has 4 rings (SSSR count). The third-order valence-electron chi connectivity index (χ3n) is 5.29. The minimum absolute atomic E-state index is 0.246. The Bertz CT molecular complexity index is 1510. The zero-order valence-electron chi connectivity index (χ0n) is 18.1. The normalized spacial score (nSPS) is 12.0. The lowest BCUT2D eigenvalue weighted by Crippen LogP contribution is -2.34. The van der Waals surface area contributed by atoms with Crippen LogP contribution in [0.3, 0.4) is 0 Å². The van der Waals surface area contributed by atoms with E-state index in [0.29, 0.717) is 34.1 Å². The Morgan fingerprint density at radius 3 is 2.66 bits per heavy atom. The molecule has 9 nitrogen and oxygen atoms in total. The SMILES string of the molecule is C=c1cc(Nc2nc(-c3cnc(N)c(C)n3)cc3cc[nH]c(=O)c23)cc/c1=C(\C)N(C)N. The summed E-state index contributed by atoms with van der Waals surface area (Å²) < 4.78 is 0. The first kappa shape index (κ1) is 21.0. The Morgan fingerprint density at radius 2 is 1.97 bits per heavy atom. The Kier molecular flexibility index (Phi) is 5.33. The van der Waals surface area contributed by atoms with Crippen LogP contribution < -0.4 is 32.9 Å². The van der Waals surface area contributed by atoms with E-state index in [1.807, 2.05) is 31.2 Å². The first-order valence-electron chi connectivity index (χ1n) is 9.92. The Hall–Kier alpha value is -4.24. The maximum atomic E-state index is 12.6. The molecule has 9 heteroatoms. The second-order valence-corrected chi connectivity index (χ2v) is 7.55. The van der Waals surface area contributed by atoms with Gasteiger partial charge in [-0.15, -0.1) is 0 Å². The molecule has 32 heavy (non-hydrogen) atoms. The molecule has 0 unspecified atom stereocenters. The summed E-state index contributed by atoms with van der Waals surface area (Å²) in [6.07, 6.45) is 3.17. The van der Waals surface area contributed by atoms with Gasteiger partial charge in [0.05, 0.1) is 23.0 Å². The quantitative estimate of drug-likeness (QED) is 0.282. The van der Waals surface area contributed by atoms with Crippen LogP contribution in [0.1, 0.15) is 12.6 Å². The van der Waals surface area contributed by atoms with Crippen LogP contribution in [0.4, 0.5) is 17.3 Å². The van der Waals surface area contributed by atoms with Crippen molar-refractivity contribution in [1.29, 1.82) is 0 Å². The van der Waals surface area contributed by atoms with Crippen molar-refractivity contribution >= 4 is 40.4 Å². The van der Waals surface area contributed by atoms with E-state index in [0.717, 1.165) is 27.2 Å². The molecule has 162 valence electrons. The van der Waals surface area contributed by atoms with Gasteiger partial charge in [-0.1, -0.05) is 12.6 Å². The molecule has 0 atom stereocenters. The number of benzene rings is 1. The van der Waals surface area contributed by atoms with Gasteiger partial charge in [0.25, 0.3) is 5.56 Å². The number of nitrogens with one attached hydrogen (secondary N) is 2. The van der Waals surface area contributed by atoms with Crippen molar-refractivity contribution < 1.29 is 0 Å². The first-order valence-corrected chi connectivity index (χ1v) is 9.92. The van der Waals surface area contributed by atoms with Crippen molar-refractivity contribution in [3.05, 3.63) is 69.2 Å². The molecule has 0 radical (unpaired) electrons. The van der Waals surface area contributed by atoms with Crippen LogP contribution in [0.15, 0.2) is 47.5 Å². The number of pyridine rings is 2. The van der Waals surface area contributed by atoms with Crippen LogP contribution in [0.2, 0.25) is 0 Å². The van der Waals surface area contributed by atoms with Crippen LogP contribution in [0.5, 0.6) is 0 Å². The highest BCUT2D eigenvalue weighted by atomic mass is 16.1. The molecular formula is C23H24N8O. The van der Waals surface area contributed by atoms with Gasteiger partial charge in [-0.25, -0.2) is 20.8 Å². The Morgan fingerprint density at radius 1 is 1.19 bits per heavy atom. The van der Waals surface area contributed by atoms with Gasteiger partial charge >= 0.3 is 0 Å². The molecule has 4 aromatic rings. The number of hydrogen-bond donors (Lipinski definition) is 4. The monoisotopic (exact) mass is 428 g/mol. The van der Waals surface area contributed by atoms with Gasteiger partial charge < -0.3 is 21.0 Å². The third kappa shape index (κ3) is 3.88. The molecule has 0 saturated carbocycles. The summed E-state index contributed by atoms with van der Waals surface area (Å²) in [5.41, 5.74) is 8.93. The predicted octanol–water partition coefficient (Wildman–Crippen LogP) is 1.36. The van der Waals surface area contributed by atoms with E-state index < -0.39 is 0 Å². The summed E-state index contributed by atoms with van der Waals surface area (Å²) >= 11 is 0. The van der Waals surface area contributed by atoms with Gasteiger partial charge in [-0.05, 0) is 48.7 Å². The molecule has 0 spiro atoms. The molecule has 0 aliphatic rings. The molecule has 3 heterocycles. The van der Waals surface area contributed by atoms with Crippen LogP contribution in [-0.4, -0.2) is 32.0 Å². The molecule has 0 aliphatic carbocycles. The molecule has 3 aromatic heterocycles. The van der Waals surface area contributed by atoms with E-state index in [9.17, 15) is 4.79 Å². The smallest absolute Gasteiger partial charge is 0.259 e. The fraction of sp³-hybridized carbons (Fsp3) is 0.130. The lowest BCUT2D eigenvalue weighted by molar-refractivity contribution is 0.502. The number of nitrogen functional groups attached to an aromatic ring is 1. The zero-order chi connectivity index (χ0) is 23.0. The van der Waals surface area contributed by atoms with Crippen LogP contribution in [0, 0.1) is 6.92 Å². The number of aromatic nitrogens is 4. The van der Waals surface area contributed by atoms with E-state index in [1.165, 1.54) is 0 Å². The zero-order valence-corrected chi connectivity index (χ0v) is 18.1. The summed E-state index contributed by atoms with van der Waals surface area (Å²) in [5, 5.41) is 7.69. The maximum Gasteiger partial charge on any atom is 0.259 e. The van der Waals surface area contributed by atoms with Crippen molar-refractivity contribution in [2.45, 2.75) is 13.8 Å². The summed E-state index contributed by atoms with van der Waals surface area (Å²) in [6.45, 7) is 7.83. The molecule has 0 amide bonds. The molecule has 0 fully saturated rings. The molecule has 0 aliphatic heterocycles. The largest absolute Gasteiger partial charge is 0.382 e. The van der Waals surface area contributed by atoms with Gasteiger partial charge in [-0.3, -0.25) is 4.79 Å². The molecule has 1 aromatic carbocycles. The summed E-state index contributed by atoms with van der Waals surface area (Å²) in [6, 6.07) is 9.32. The number of anilines is 3. The third-order valence-corrected chi connectivity index (χ3v) is 5.29. The molecule has 6 N–H and O–H groups in total. The lowest BCUT2D eigenvalue weighted by Gasteiger charge is -2.14. The van der Waals surface area contributed by atoms with Crippen molar-refractivity contribution in [1.82, 2.24) is 24.9 Å². The number of H-pyrrole nitrogens is 1. The van der Waals surface area contributed by atoms with Gasteiger partial charge in [-0.2, -0.15) is 0 Å². The summed E-state index contributed by atoms with van der Waals surface area (Å²) in [7, 11) is 1.77. The summed E-state index contributed by atoms with van der Waals surface area (Å²) in [4.78, 5) is 28.7. The second-order valence-electron chi connectivity index (χ2n) is 7.55. The maximum absolute atomic E-state index is 12.6. The predicted molar refractivity (Wildman–Crippen MR) is 128 cm³/mol. The Balaban J connectivity index is 1.87. The van der Waals surface area contributed by atoms with E-state index >= 15 is 0 Å². The number of hydrogen-bond acceptors (Lipinski definition) is 8. The topological polar surface area (TPSA) is 139 Å². The van der Waals surface area contributed by atoms with E-state index in [4.69, 9.17) is 11.6 Å². The second kappa shape index (κ2) is 8.12. The van der Waals surface area contributed by atoms with Gasteiger partial charge in [0.2, 0.25) is 0 Å². The van der Waals surface area contributed by atoms with Gasteiger partial charge in [0, 0.05) is 29.8 Å². The fourth-order valence-corrected chi connectivity index (χ4v) is 3.40. The lowest BCUT2D eigenvalue weighted by atomic mass is 10.1. The number of nitrogens with zero attached hydrogens (tertiary/aromatic N) is 4. The fourth-order valence-electron chi connectivity index (χ4n) is 3.40. The first-order chi connectivity index (χ1) is 15.2. The molecule has 0 bridgehead atoms. The van der Waals surface area contributed by atoms with Gasteiger partial charge in [0.15, 0.2) is 0 Å². The van der Waals surface area contributed by atoms with Crippen molar-refractivity contribution in [3.63, 3.8) is 0 Å². The van der Waals surface area contributed by atoms with E-state index in [-0.39, 0.29) is 5.56 Å². The highest BCUT2D eigenvalue weighted by molar-refractivity contribution is 5.94. The molecule has 0 saturated heterocycles. The van der Waals surface area contributed by atoms with Crippen molar-refractivity contribution in [2.75, 3.05) is 18.1 Å². The number of rotatable bonds is 4. The average Bonchev–Trinajstić information content (AvgIpc) is 2.75. The Labute approximate surface area is 184 Å².